The van der Waals surface area contributed by atoms with Crippen LogP contribution in [0.4, 0.5) is 9.18 Å². The number of amides is 2. The van der Waals surface area contributed by atoms with Crippen LogP contribution in [0.1, 0.15) is 11.1 Å². The van der Waals surface area contributed by atoms with E-state index >= 15 is 0 Å². The van der Waals surface area contributed by atoms with Crippen LogP contribution < -0.4 is 5.32 Å². The second kappa shape index (κ2) is 8.44. The number of piperazine rings is 1. The molecule has 2 aromatic carbocycles. The van der Waals surface area contributed by atoms with Crippen molar-refractivity contribution in [3.63, 3.8) is 0 Å². The lowest BCUT2D eigenvalue weighted by Crippen LogP contribution is -2.51. The third kappa shape index (κ3) is 4.17. The average Bonchev–Trinajstić information content (AvgIpc) is 3.13. The predicted molar refractivity (Wildman–Crippen MR) is 109 cm³/mol. The summed E-state index contributed by atoms with van der Waals surface area (Å²) in [5.74, 6) is -0.167. The Morgan fingerprint density at radius 3 is 2.57 bits per heavy atom. The first-order valence-corrected chi connectivity index (χ1v) is 9.74. The molecule has 6 heteroatoms. The fraction of sp³-hybridized carbons (Fsp3) is 0.318. The van der Waals surface area contributed by atoms with E-state index in [-0.39, 0.29) is 11.8 Å². The Hall–Kier alpha value is -2.86. The zero-order chi connectivity index (χ0) is 19.3. The maximum atomic E-state index is 13.8. The molecule has 0 unspecified atom stereocenters. The van der Waals surface area contributed by atoms with Gasteiger partial charge in [0.1, 0.15) is 5.82 Å². The fourth-order valence-electron chi connectivity index (χ4n) is 3.73. The lowest BCUT2D eigenvalue weighted by molar-refractivity contribution is 0.134. The van der Waals surface area contributed by atoms with Gasteiger partial charge < -0.3 is 15.2 Å². The second-order valence-electron chi connectivity index (χ2n) is 7.20. The molecule has 1 aliphatic rings. The van der Waals surface area contributed by atoms with Crippen molar-refractivity contribution in [2.24, 2.45) is 0 Å². The van der Waals surface area contributed by atoms with E-state index in [4.69, 9.17) is 0 Å². The van der Waals surface area contributed by atoms with Crippen LogP contribution in [0, 0.1) is 5.82 Å². The molecule has 0 spiro atoms. The van der Waals surface area contributed by atoms with E-state index in [2.05, 4.69) is 27.3 Å². The maximum absolute atomic E-state index is 13.8. The number of fused-ring (bicyclic) bond motifs is 1. The summed E-state index contributed by atoms with van der Waals surface area (Å²) in [4.78, 5) is 19.7. The van der Waals surface area contributed by atoms with Crippen LogP contribution in [-0.2, 0) is 13.0 Å². The Bertz CT molecular complexity index is 946. The Morgan fingerprint density at radius 2 is 1.75 bits per heavy atom. The van der Waals surface area contributed by atoms with Crippen molar-refractivity contribution in [3.05, 3.63) is 71.7 Å². The first-order chi connectivity index (χ1) is 13.7. The molecule has 146 valence electrons. The molecule has 0 aliphatic carbocycles. The van der Waals surface area contributed by atoms with Gasteiger partial charge in [0.25, 0.3) is 0 Å². The molecular formula is C22H25FN4O. The van der Waals surface area contributed by atoms with Gasteiger partial charge in [0.2, 0.25) is 0 Å². The number of aromatic nitrogens is 1. The number of nitrogens with zero attached hydrogens (tertiary/aromatic N) is 2. The minimum absolute atomic E-state index is 0.0228. The first-order valence-electron chi connectivity index (χ1n) is 9.74. The molecule has 1 aliphatic heterocycles. The number of para-hydroxylation sites is 1. The normalized spacial score (nSPS) is 15.1. The minimum atomic E-state index is -0.167. The molecule has 3 aromatic rings. The predicted octanol–water partition coefficient (Wildman–Crippen LogP) is 3.38. The molecule has 2 heterocycles. The summed E-state index contributed by atoms with van der Waals surface area (Å²) in [5.41, 5.74) is 3.04. The van der Waals surface area contributed by atoms with Crippen LogP contribution in [0.25, 0.3) is 10.9 Å². The SMILES string of the molecule is O=C(NCCc1c[nH]c2ccccc12)N1CCN(Cc2ccccc2F)CC1. The van der Waals surface area contributed by atoms with Crippen LogP contribution in [0.5, 0.6) is 0 Å². The Morgan fingerprint density at radius 1 is 1.00 bits per heavy atom. The highest BCUT2D eigenvalue weighted by molar-refractivity contribution is 5.83. The summed E-state index contributed by atoms with van der Waals surface area (Å²) >= 11 is 0. The number of aromatic amines is 1. The standard InChI is InChI=1S/C22H25FN4O/c23-20-7-3-1-5-18(20)16-26-11-13-27(14-12-26)22(28)24-10-9-17-15-25-21-8-4-2-6-19(17)21/h1-8,15,25H,9-14,16H2,(H,24,28). The van der Waals surface area contributed by atoms with Crippen molar-refractivity contribution in [2.75, 3.05) is 32.7 Å². The second-order valence-corrected chi connectivity index (χ2v) is 7.20. The van der Waals surface area contributed by atoms with Gasteiger partial charge in [0, 0.05) is 61.9 Å². The van der Waals surface area contributed by atoms with Gasteiger partial charge in [0.05, 0.1) is 0 Å². The van der Waals surface area contributed by atoms with Gasteiger partial charge in [-0.2, -0.15) is 0 Å². The van der Waals surface area contributed by atoms with Gasteiger partial charge in [-0.3, -0.25) is 4.90 Å². The van der Waals surface area contributed by atoms with Gasteiger partial charge in [-0.05, 0) is 24.1 Å². The van der Waals surface area contributed by atoms with Crippen LogP contribution >= 0.6 is 0 Å². The molecule has 2 amide bonds. The van der Waals surface area contributed by atoms with Crippen molar-refractivity contribution >= 4 is 16.9 Å². The molecule has 4 rings (SSSR count). The summed E-state index contributed by atoms with van der Waals surface area (Å²) in [6.07, 6.45) is 2.81. The lowest BCUT2D eigenvalue weighted by atomic mass is 10.1. The molecule has 0 saturated carbocycles. The average molecular weight is 380 g/mol. The number of carbonyl (C=O) groups excluding carboxylic acids is 1. The third-order valence-electron chi connectivity index (χ3n) is 5.36. The molecule has 28 heavy (non-hydrogen) atoms. The highest BCUT2D eigenvalue weighted by Crippen LogP contribution is 2.17. The lowest BCUT2D eigenvalue weighted by Gasteiger charge is -2.34. The number of benzene rings is 2. The number of halogens is 1. The first kappa shape index (κ1) is 18.5. The third-order valence-corrected chi connectivity index (χ3v) is 5.36. The van der Waals surface area contributed by atoms with E-state index in [0.717, 1.165) is 25.0 Å². The van der Waals surface area contributed by atoms with Crippen molar-refractivity contribution in [2.45, 2.75) is 13.0 Å². The van der Waals surface area contributed by atoms with E-state index in [1.54, 1.807) is 6.07 Å². The molecular weight excluding hydrogens is 355 g/mol. The molecule has 5 nitrogen and oxygen atoms in total. The number of rotatable bonds is 5. The Labute approximate surface area is 164 Å². The van der Waals surface area contributed by atoms with E-state index in [1.807, 2.05) is 35.4 Å². The summed E-state index contributed by atoms with van der Waals surface area (Å²) in [6.45, 7) is 4.02. The fourth-order valence-corrected chi connectivity index (χ4v) is 3.73. The molecule has 0 bridgehead atoms. The van der Waals surface area contributed by atoms with E-state index in [9.17, 15) is 9.18 Å². The zero-order valence-electron chi connectivity index (χ0n) is 15.8. The molecule has 0 radical (unpaired) electrons. The van der Waals surface area contributed by atoms with E-state index < -0.39 is 0 Å². The molecule has 1 fully saturated rings. The number of carbonyl (C=O) groups is 1. The van der Waals surface area contributed by atoms with E-state index in [0.29, 0.717) is 31.7 Å². The minimum Gasteiger partial charge on any atom is -0.361 e. The molecule has 0 atom stereocenters. The van der Waals surface area contributed by atoms with Gasteiger partial charge in [-0.15, -0.1) is 0 Å². The van der Waals surface area contributed by atoms with Crippen molar-refractivity contribution in [1.82, 2.24) is 20.1 Å². The number of nitrogens with one attached hydrogen (secondary N) is 2. The van der Waals surface area contributed by atoms with Gasteiger partial charge >= 0.3 is 6.03 Å². The van der Waals surface area contributed by atoms with Crippen LogP contribution in [0.15, 0.2) is 54.7 Å². The van der Waals surface area contributed by atoms with Gasteiger partial charge in [-0.1, -0.05) is 36.4 Å². The zero-order valence-corrected chi connectivity index (χ0v) is 15.8. The largest absolute Gasteiger partial charge is 0.361 e. The van der Waals surface area contributed by atoms with Crippen LogP contribution in [0.2, 0.25) is 0 Å². The number of H-pyrrole nitrogens is 1. The quantitative estimate of drug-likeness (QED) is 0.713. The maximum Gasteiger partial charge on any atom is 0.317 e. The van der Waals surface area contributed by atoms with Crippen LogP contribution in [0.3, 0.4) is 0 Å². The highest BCUT2D eigenvalue weighted by atomic mass is 19.1. The van der Waals surface area contributed by atoms with Crippen LogP contribution in [-0.4, -0.2) is 53.5 Å². The summed E-state index contributed by atoms with van der Waals surface area (Å²) in [7, 11) is 0. The number of hydrogen-bond donors (Lipinski definition) is 2. The van der Waals surface area contributed by atoms with E-state index in [1.165, 1.54) is 17.0 Å². The van der Waals surface area contributed by atoms with Gasteiger partial charge in [0.15, 0.2) is 0 Å². The monoisotopic (exact) mass is 380 g/mol. The van der Waals surface area contributed by atoms with Crippen molar-refractivity contribution in [1.29, 1.82) is 0 Å². The highest BCUT2D eigenvalue weighted by Gasteiger charge is 2.21. The van der Waals surface area contributed by atoms with Gasteiger partial charge in [-0.25, -0.2) is 9.18 Å². The summed E-state index contributed by atoms with van der Waals surface area (Å²) < 4.78 is 13.8. The summed E-state index contributed by atoms with van der Waals surface area (Å²) in [5, 5.41) is 4.23. The Kier molecular flexibility index (Phi) is 5.58. The topological polar surface area (TPSA) is 51.4 Å². The molecule has 2 N–H and O–H groups in total. The number of urea groups is 1. The Balaban J connectivity index is 1.22. The summed E-state index contributed by atoms with van der Waals surface area (Å²) in [6, 6.07) is 15.0. The molecule has 1 saturated heterocycles. The van der Waals surface area contributed by atoms with Crippen molar-refractivity contribution < 1.29 is 9.18 Å². The van der Waals surface area contributed by atoms with Crippen molar-refractivity contribution in [3.8, 4) is 0 Å². The molecule has 1 aromatic heterocycles. The number of hydrogen-bond acceptors (Lipinski definition) is 2. The smallest absolute Gasteiger partial charge is 0.317 e.